The second-order valence-electron chi connectivity index (χ2n) is 6.03. The average molecular weight is 346 g/mol. The number of aromatic nitrogens is 1. The van der Waals surface area contributed by atoms with Crippen LogP contribution in [0, 0.1) is 12.7 Å². The molecular formula is C21H15FN2O2. The Balaban J connectivity index is 1.68. The number of amides is 1. The summed E-state index contributed by atoms with van der Waals surface area (Å²) in [6.45, 7) is 1.67. The Labute approximate surface area is 149 Å². The van der Waals surface area contributed by atoms with Gasteiger partial charge in [-0.1, -0.05) is 41.6 Å². The molecule has 1 N–H and O–H groups in total. The van der Waals surface area contributed by atoms with Crippen molar-refractivity contribution in [2.75, 3.05) is 5.32 Å². The lowest BCUT2D eigenvalue weighted by molar-refractivity contribution is 0.102. The Kier molecular flexibility index (Phi) is 3.97. The predicted molar refractivity (Wildman–Crippen MR) is 98.5 cm³/mol. The van der Waals surface area contributed by atoms with E-state index >= 15 is 0 Å². The van der Waals surface area contributed by atoms with Gasteiger partial charge in [0, 0.05) is 16.8 Å². The van der Waals surface area contributed by atoms with E-state index in [0.717, 1.165) is 10.9 Å². The molecule has 4 nitrogen and oxygen atoms in total. The van der Waals surface area contributed by atoms with Gasteiger partial charge >= 0.3 is 0 Å². The summed E-state index contributed by atoms with van der Waals surface area (Å²) in [5, 5.41) is 7.51. The molecule has 26 heavy (non-hydrogen) atoms. The van der Waals surface area contributed by atoms with Crippen LogP contribution >= 0.6 is 0 Å². The maximum atomic E-state index is 13.7. The molecule has 0 radical (unpaired) electrons. The smallest absolute Gasteiger partial charge is 0.255 e. The van der Waals surface area contributed by atoms with Crippen LogP contribution in [0.3, 0.4) is 0 Å². The number of hydrogen-bond acceptors (Lipinski definition) is 3. The largest absolute Gasteiger partial charge is 0.355 e. The minimum absolute atomic E-state index is 0.324. The molecule has 0 saturated carbocycles. The SMILES string of the molecule is Cc1ccc(NC(=O)c2ccc3noc(-c4ccccc4)c3c2)cc1F. The average Bonchev–Trinajstić information content (AvgIpc) is 3.08. The molecule has 0 saturated heterocycles. The summed E-state index contributed by atoms with van der Waals surface area (Å²) >= 11 is 0. The monoisotopic (exact) mass is 346 g/mol. The fourth-order valence-corrected chi connectivity index (χ4v) is 2.75. The normalized spacial score (nSPS) is 10.8. The summed E-state index contributed by atoms with van der Waals surface area (Å²) in [6, 6.07) is 19.3. The fourth-order valence-electron chi connectivity index (χ4n) is 2.75. The molecular weight excluding hydrogens is 331 g/mol. The van der Waals surface area contributed by atoms with Gasteiger partial charge in [0.25, 0.3) is 5.91 Å². The predicted octanol–water partition coefficient (Wildman–Crippen LogP) is 5.19. The van der Waals surface area contributed by atoms with Crippen molar-refractivity contribution in [2.45, 2.75) is 6.92 Å². The molecule has 1 heterocycles. The zero-order valence-electron chi connectivity index (χ0n) is 14.0. The van der Waals surface area contributed by atoms with Gasteiger partial charge in [0.15, 0.2) is 5.76 Å². The highest BCUT2D eigenvalue weighted by Gasteiger charge is 2.14. The molecule has 5 heteroatoms. The van der Waals surface area contributed by atoms with Crippen molar-refractivity contribution in [3.05, 3.63) is 83.7 Å². The van der Waals surface area contributed by atoms with Crippen molar-refractivity contribution in [2.24, 2.45) is 0 Å². The van der Waals surface area contributed by atoms with E-state index in [9.17, 15) is 9.18 Å². The number of benzene rings is 3. The van der Waals surface area contributed by atoms with Crippen molar-refractivity contribution < 1.29 is 13.7 Å². The van der Waals surface area contributed by atoms with Gasteiger partial charge in [-0.3, -0.25) is 4.79 Å². The summed E-state index contributed by atoms with van der Waals surface area (Å²) in [6.07, 6.45) is 0. The van der Waals surface area contributed by atoms with Crippen molar-refractivity contribution in [1.29, 1.82) is 0 Å². The topological polar surface area (TPSA) is 55.1 Å². The van der Waals surface area contributed by atoms with E-state index in [2.05, 4.69) is 10.5 Å². The number of nitrogens with zero attached hydrogens (tertiary/aromatic N) is 1. The number of nitrogens with one attached hydrogen (secondary N) is 1. The van der Waals surface area contributed by atoms with Crippen molar-refractivity contribution in [1.82, 2.24) is 5.16 Å². The van der Waals surface area contributed by atoms with E-state index < -0.39 is 0 Å². The van der Waals surface area contributed by atoms with Gasteiger partial charge in [-0.25, -0.2) is 4.39 Å². The third kappa shape index (κ3) is 2.95. The quantitative estimate of drug-likeness (QED) is 0.555. The lowest BCUT2D eigenvalue weighted by Gasteiger charge is -2.06. The van der Waals surface area contributed by atoms with Gasteiger partial charge in [-0.05, 0) is 42.8 Å². The number of anilines is 1. The second kappa shape index (κ2) is 6.44. The van der Waals surface area contributed by atoms with Gasteiger partial charge in [-0.15, -0.1) is 0 Å². The number of halogens is 1. The molecule has 0 atom stereocenters. The van der Waals surface area contributed by atoms with Crippen molar-refractivity contribution in [3.63, 3.8) is 0 Å². The standard InChI is InChI=1S/C21H15FN2O2/c1-13-7-9-16(12-18(13)22)23-21(25)15-8-10-19-17(11-15)20(26-24-19)14-5-3-2-4-6-14/h2-12H,1H3,(H,23,25). The minimum Gasteiger partial charge on any atom is -0.355 e. The van der Waals surface area contributed by atoms with Gasteiger partial charge < -0.3 is 9.84 Å². The first kappa shape index (κ1) is 16.0. The minimum atomic E-state index is -0.358. The van der Waals surface area contributed by atoms with Crippen molar-refractivity contribution in [3.8, 4) is 11.3 Å². The zero-order chi connectivity index (χ0) is 18.1. The van der Waals surface area contributed by atoms with Crippen molar-refractivity contribution >= 4 is 22.5 Å². The van der Waals surface area contributed by atoms with Gasteiger partial charge in [0.1, 0.15) is 11.3 Å². The molecule has 1 amide bonds. The zero-order valence-corrected chi connectivity index (χ0v) is 14.0. The number of hydrogen-bond donors (Lipinski definition) is 1. The third-order valence-electron chi connectivity index (χ3n) is 4.20. The maximum absolute atomic E-state index is 13.7. The van der Waals surface area contributed by atoms with Crippen LogP contribution in [0.25, 0.3) is 22.2 Å². The molecule has 0 aliphatic heterocycles. The van der Waals surface area contributed by atoms with Crippen LogP contribution in [-0.4, -0.2) is 11.1 Å². The Morgan fingerprint density at radius 2 is 1.85 bits per heavy atom. The molecule has 4 rings (SSSR count). The summed E-state index contributed by atoms with van der Waals surface area (Å²) in [5.74, 6) is -0.0735. The van der Waals surface area contributed by atoms with Gasteiger partial charge in [0.2, 0.25) is 0 Å². The number of carbonyl (C=O) groups excluding carboxylic acids is 1. The molecule has 0 aliphatic carbocycles. The number of carbonyl (C=O) groups is 1. The molecule has 3 aromatic carbocycles. The number of fused-ring (bicyclic) bond motifs is 1. The van der Waals surface area contributed by atoms with Crippen LogP contribution in [0.5, 0.6) is 0 Å². The molecule has 1 aromatic heterocycles. The first-order chi connectivity index (χ1) is 12.6. The number of rotatable bonds is 3. The maximum Gasteiger partial charge on any atom is 0.255 e. The molecule has 0 aliphatic rings. The summed E-state index contributed by atoms with van der Waals surface area (Å²) in [7, 11) is 0. The second-order valence-corrected chi connectivity index (χ2v) is 6.03. The first-order valence-corrected chi connectivity index (χ1v) is 8.14. The number of aryl methyl sites for hydroxylation is 1. The molecule has 0 spiro atoms. The van der Waals surface area contributed by atoms with E-state index in [1.165, 1.54) is 6.07 Å². The summed E-state index contributed by atoms with van der Waals surface area (Å²) in [4.78, 5) is 12.5. The summed E-state index contributed by atoms with van der Waals surface area (Å²) < 4.78 is 19.1. The van der Waals surface area contributed by atoms with Crippen LogP contribution in [0.4, 0.5) is 10.1 Å². The molecule has 0 unspecified atom stereocenters. The lowest BCUT2D eigenvalue weighted by atomic mass is 10.1. The van der Waals surface area contributed by atoms with Crippen LogP contribution < -0.4 is 5.32 Å². The molecule has 4 aromatic rings. The van der Waals surface area contributed by atoms with E-state index in [0.29, 0.717) is 28.1 Å². The highest BCUT2D eigenvalue weighted by molar-refractivity contribution is 6.07. The van der Waals surface area contributed by atoms with E-state index in [1.54, 1.807) is 37.3 Å². The van der Waals surface area contributed by atoms with Crippen LogP contribution in [-0.2, 0) is 0 Å². The highest BCUT2D eigenvalue weighted by Crippen LogP contribution is 2.29. The van der Waals surface area contributed by atoms with E-state index in [1.807, 2.05) is 30.3 Å². The van der Waals surface area contributed by atoms with E-state index in [4.69, 9.17) is 4.52 Å². The van der Waals surface area contributed by atoms with Crippen LogP contribution in [0.2, 0.25) is 0 Å². The van der Waals surface area contributed by atoms with Gasteiger partial charge in [0.05, 0.1) is 5.39 Å². The van der Waals surface area contributed by atoms with Crippen LogP contribution in [0.15, 0.2) is 71.3 Å². The van der Waals surface area contributed by atoms with Gasteiger partial charge in [-0.2, -0.15) is 0 Å². The fraction of sp³-hybridized carbons (Fsp3) is 0.0476. The Hall–Kier alpha value is -3.47. The lowest BCUT2D eigenvalue weighted by Crippen LogP contribution is -2.12. The Morgan fingerprint density at radius 3 is 2.62 bits per heavy atom. The Bertz CT molecular complexity index is 1100. The molecule has 0 bridgehead atoms. The Morgan fingerprint density at radius 1 is 1.04 bits per heavy atom. The molecule has 128 valence electrons. The highest BCUT2D eigenvalue weighted by atomic mass is 19.1. The third-order valence-corrected chi connectivity index (χ3v) is 4.20. The summed E-state index contributed by atoms with van der Waals surface area (Å²) in [5.41, 5.74) is 2.93. The molecule has 0 fully saturated rings. The van der Waals surface area contributed by atoms with E-state index in [-0.39, 0.29) is 11.7 Å². The first-order valence-electron chi connectivity index (χ1n) is 8.14. The van der Waals surface area contributed by atoms with Crippen LogP contribution in [0.1, 0.15) is 15.9 Å².